The van der Waals surface area contributed by atoms with E-state index in [-0.39, 0.29) is 6.42 Å². The summed E-state index contributed by atoms with van der Waals surface area (Å²) >= 11 is 0. The molecule has 2 aromatic heterocycles. The third-order valence-corrected chi connectivity index (χ3v) is 2.91. The SMILES string of the molecule is O=C(O)Cc1c(-c2ccco2)[nH]c2ccccc12. The maximum absolute atomic E-state index is 11.0. The van der Waals surface area contributed by atoms with E-state index in [0.29, 0.717) is 5.76 Å². The maximum Gasteiger partial charge on any atom is 0.307 e. The number of aliphatic carboxylic acids is 1. The van der Waals surface area contributed by atoms with Crippen LogP contribution in [0, 0.1) is 0 Å². The number of carboxylic acids is 1. The zero-order chi connectivity index (χ0) is 12.5. The highest BCUT2D eigenvalue weighted by atomic mass is 16.4. The first kappa shape index (κ1) is 10.7. The van der Waals surface area contributed by atoms with Crippen LogP contribution in [0.2, 0.25) is 0 Å². The molecule has 90 valence electrons. The number of aromatic amines is 1. The van der Waals surface area contributed by atoms with Crippen LogP contribution in [-0.4, -0.2) is 16.1 Å². The summed E-state index contributed by atoms with van der Waals surface area (Å²) in [4.78, 5) is 14.2. The van der Waals surface area contributed by atoms with E-state index in [1.807, 2.05) is 30.3 Å². The second-order valence-corrected chi connectivity index (χ2v) is 4.07. The van der Waals surface area contributed by atoms with Crippen molar-refractivity contribution in [1.29, 1.82) is 0 Å². The average molecular weight is 241 g/mol. The minimum Gasteiger partial charge on any atom is -0.481 e. The standard InChI is InChI=1S/C14H11NO3/c16-13(17)8-10-9-4-1-2-5-11(9)15-14(10)12-6-3-7-18-12/h1-7,15H,8H2,(H,16,17). The smallest absolute Gasteiger partial charge is 0.307 e. The quantitative estimate of drug-likeness (QED) is 0.740. The molecule has 4 heteroatoms. The number of furan rings is 1. The Morgan fingerprint density at radius 2 is 2.06 bits per heavy atom. The van der Waals surface area contributed by atoms with Crippen LogP contribution < -0.4 is 0 Å². The van der Waals surface area contributed by atoms with E-state index in [1.165, 1.54) is 0 Å². The highest BCUT2D eigenvalue weighted by Gasteiger charge is 2.16. The van der Waals surface area contributed by atoms with Gasteiger partial charge in [0.05, 0.1) is 18.4 Å². The van der Waals surface area contributed by atoms with Crippen LogP contribution >= 0.6 is 0 Å². The van der Waals surface area contributed by atoms with E-state index in [0.717, 1.165) is 22.2 Å². The maximum atomic E-state index is 11.0. The number of fused-ring (bicyclic) bond motifs is 1. The Morgan fingerprint density at radius 1 is 1.22 bits per heavy atom. The van der Waals surface area contributed by atoms with Gasteiger partial charge in [-0.1, -0.05) is 18.2 Å². The van der Waals surface area contributed by atoms with Gasteiger partial charge in [-0.15, -0.1) is 0 Å². The van der Waals surface area contributed by atoms with Crippen molar-refractivity contribution in [3.63, 3.8) is 0 Å². The summed E-state index contributed by atoms with van der Waals surface area (Å²) in [7, 11) is 0. The summed E-state index contributed by atoms with van der Waals surface area (Å²) in [5.74, 6) is -0.199. The first-order valence-corrected chi connectivity index (χ1v) is 5.61. The van der Waals surface area contributed by atoms with Gasteiger partial charge in [0.1, 0.15) is 5.76 Å². The third-order valence-electron chi connectivity index (χ3n) is 2.91. The number of aromatic nitrogens is 1. The van der Waals surface area contributed by atoms with Gasteiger partial charge in [0.15, 0.2) is 0 Å². The molecule has 18 heavy (non-hydrogen) atoms. The number of hydrogen-bond donors (Lipinski definition) is 2. The lowest BCUT2D eigenvalue weighted by Crippen LogP contribution is -2.00. The van der Waals surface area contributed by atoms with Crippen molar-refractivity contribution >= 4 is 16.9 Å². The third kappa shape index (κ3) is 1.68. The molecule has 0 aliphatic rings. The van der Waals surface area contributed by atoms with Gasteiger partial charge >= 0.3 is 5.97 Å². The first-order chi connectivity index (χ1) is 8.75. The molecule has 0 radical (unpaired) electrons. The topological polar surface area (TPSA) is 66.2 Å². The van der Waals surface area contributed by atoms with Crippen LogP contribution in [0.1, 0.15) is 5.56 Å². The molecule has 1 aromatic carbocycles. The Morgan fingerprint density at radius 3 is 2.78 bits per heavy atom. The summed E-state index contributed by atoms with van der Waals surface area (Å²) in [6.45, 7) is 0. The summed E-state index contributed by atoms with van der Waals surface area (Å²) in [5, 5.41) is 9.94. The average Bonchev–Trinajstić information content (AvgIpc) is 2.96. The Kier molecular flexibility index (Phi) is 2.41. The Balaban J connectivity index is 2.26. The number of rotatable bonds is 3. The van der Waals surface area contributed by atoms with Gasteiger partial charge in [-0.3, -0.25) is 4.79 Å². The number of H-pyrrole nitrogens is 1. The molecular weight excluding hydrogens is 230 g/mol. The Labute approximate surface area is 103 Å². The van der Waals surface area contributed by atoms with Gasteiger partial charge in [0.2, 0.25) is 0 Å². The predicted molar refractivity (Wildman–Crippen MR) is 67.3 cm³/mol. The first-order valence-electron chi connectivity index (χ1n) is 5.61. The molecule has 3 aromatic rings. The molecule has 0 fully saturated rings. The fourth-order valence-corrected chi connectivity index (χ4v) is 2.17. The van der Waals surface area contributed by atoms with Gasteiger partial charge in [-0.2, -0.15) is 0 Å². The molecule has 2 heterocycles. The fourth-order valence-electron chi connectivity index (χ4n) is 2.17. The molecule has 0 saturated carbocycles. The van der Waals surface area contributed by atoms with Crippen molar-refractivity contribution in [3.8, 4) is 11.5 Å². The van der Waals surface area contributed by atoms with E-state index in [4.69, 9.17) is 9.52 Å². The van der Waals surface area contributed by atoms with Gasteiger partial charge in [-0.25, -0.2) is 0 Å². The van der Waals surface area contributed by atoms with E-state index in [2.05, 4.69) is 4.98 Å². The lowest BCUT2D eigenvalue weighted by Gasteiger charge is -1.98. The van der Waals surface area contributed by atoms with Crippen molar-refractivity contribution in [2.75, 3.05) is 0 Å². The van der Waals surface area contributed by atoms with Crippen LogP contribution in [0.5, 0.6) is 0 Å². The lowest BCUT2D eigenvalue weighted by molar-refractivity contribution is -0.136. The molecule has 0 spiro atoms. The fraction of sp³-hybridized carbons (Fsp3) is 0.0714. The molecule has 0 bridgehead atoms. The zero-order valence-electron chi connectivity index (χ0n) is 9.51. The largest absolute Gasteiger partial charge is 0.481 e. The van der Waals surface area contributed by atoms with Crippen LogP contribution in [-0.2, 0) is 11.2 Å². The highest BCUT2D eigenvalue weighted by Crippen LogP contribution is 2.30. The second-order valence-electron chi connectivity index (χ2n) is 4.07. The molecule has 3 rings (SSSR count). The lowest BCUT2D eigenvalue weighted by atomic mass is 10.1. The summed E-state index contributed by atoms with van der Waals surface area (Å²) in [6.07, 6.45) is 1.55. The van der Waals surface area contributed by atoms with Crippen LogP contribution in [0.25, 0.3) is 22.4 Å². The highest BCUT2D eigenvalue weighted by molar-refractivity contribution is 5.93. The van der Waals surface area contributed by atoms with Crippen LogP contribution in [0.4, 0.5) is 0 Å². The Hall–Kier alpha value is -2.49. The van der Waals surface area contributed by atoms with E-state index < -0.39 is 5.97 Å². The van der Waals surface area contributed by atoms with Crippen molar-refractivity contribution in [3.05, 3.63) is 48.2 Å². The van der Waals surface area contributed by atoms with E-state index in [1.54, 1.807) is 12.3 Å². The second kappa shape index (κ2) is 4.07. The van der Waals surface area contributed by atoms with Gasteiger partial charge in [0, 0.05) is 10.9 Å². The van der Waals surface area contributed by atoms with Crippen LogP contribution in [0.3, 0.4) is 0 Å². The van der Waals surface area contributed by atoms with Gasteiger partial charge in [-0.05, 0) is 23.8 Å². The molecule has 0 aliphatic heterocycles. The van der Waals surface area contributed by atoms with E-state index >= 15 is 0 Å². The number of carboxylic acid groups (broad SMARTS) is 1. The van der Waals surface area contributed by atoms with E-state index in [9.17, 15) is 4.79 Å². The molecule has 2 N–H and O–H groups in total. The molecule has 0 aliphatic carbocycles. The number of hydrogen-bond acceptors (Lipinski definition) is 2. The molecule has 0 atom stereocenters. The molecular formula is C14H11NO3. The number of benzene rings is 1. The number of carbonyl (C=O) groups is 1. The summed E-state index contributed by atoms with van der Waals surface area (Å²) < 4.78 is 5.35. The molecule has 0 amide bonds. The molecule has 0 unspecified atom stereocenters. The van der Waals surface area contributed by atoms with Gasteiger partial charge in [0.25, 0.3) is 0 Å². The summed E-state index contributed by atoms with van der Waals surface area (Å²) in [6, 6.07) is 11.2. The van der Waals surface area contributed by atoms with Crippen molar-refractivity contribution in [2.24, 2.45) is 0 Å². The van der Waals surface area contributed by atoms with Crippen molar-refractivity contribution < 1.29 is 14.3 Å². The monoisotopic (exact) mass is 241 g/mol. The minimum absolute atomic E-state index is 0.0277. The van der Waals surface area contributed by atoms with Crippen molar-refractivity contribution in [2.45, 2.75) is 6.42 Å². The zero-order valence-corrected chi connectivity index (χ0v) is 9.51. The summed E-state index contributed by atoms with van der Waals surface area (Å²) in [5.41, 5.74) is 2.41. The predicted octanol–water partition coefficient (Wildman–Crippen LogP) is 3.06. The van der Waals surface area contributed by atoms with Gasteiger partial charge < -0.3 is 14.5 Å². The normalized spacial score (nSPS) is 10.9. The molecule has 0 saturated heterocycles. The number of nitrogens with one attached hydrogen (secondary N) is 1. The van der Waals surface area contributed by atoms with Crippen molar-refractivity contribution in [1.82, 2.24) is 4.98 Å². The minimum atomic E-state index is -0.854. The Bertz CT molecular complexity index is 695. The van der Waals surface area contributed by atoms with Crippen LogP contribution in [0.15, 0.2) is 47.1 Å². The number of para-hydroxylation sites is 1. The molecule has 4 nitrogen and oxygen atoms in total.